The maximum atomic E-state index is 11.3. The number of carbonyl (C=O) groups excluding carboxylic acids is 2. The Morgan fingerprint density at radius 2 is 2.18 bits per heavy atom. The maximum absolute atomic E-state index is 11.3. The number of hydrogen-bond acceptors (Lipinski definition) is 3. The van der Waals surface area contributed by atoms with Crippen LogP contribution in [0.4, 0.5) is 4.79 Å². The number of nitrogens with zero attached hydrogens (tertiary/aromatic N) is 1. The smallest absolute Gasteiger partial charge is 0.324 e. The standard InChI is InChI=1S/C11H18N2O4/c1-2-8(3-4-10(15)16)5-6-13-9(14)7-12-11(13)17/h8H,2-7H2,1H3,(H,12,17)(H,15,16). The Hall–Kier alpha value is -1.59. The molecule has 0 aromatic rings. The van der Waals surface area contributed by atoms with Crippen molar-refractivity contribution in [3.63, 3.8) is 0 Å². The summed E-state index contributed by atoms with van der Waals surface area (Å²) in [6, 6.07) is -0.344. The molecule has 1 rings (SSSR count). The fourth-order valence-electron chi connectivity index (χ4n) is 1.87. The first-order chi connectivity index (χ1) is 8.04. The van der Waals surface area contributed by atoms with Crippen molar-refractivity contribution in [1.29, 1.82) is 0 Å². The van der Waals surface area contributed by atoms with Crippen molar-refractivity contribution in [3.8, 4) is 0 Å². The Morgan fingerprint density at radius 3 is 2.65 bits per heavy atom. The second-order valence-corrected chi connectivity index (χ2v) is 4.20. The summed E-state index contributed by atoms with van der Waals surface area (Å²) in [7, 11) is 0. The fourth-order valence-corrected chi connectivity index (χ4v) is 1.87. The van der Waals surface area contributed by atoms with E-state index in [0.717, 1.165) is 6.42 Å². The second kappa shape index (κ2) is 6.22. The zero-order chi connectivity index (χ0) is 12.8. The summed E-state index contributed by atoms with van der Waals surface area (Å²) in [5.74, 6) is -0.770. The predicted octanol–water partition coefficient (Wildman–Crippen LogP) is 0.819. The molecule has 1 aliphatic rings. The highest BCUT2D eigenvalue weighted by Crippen LogP contribution is 2.16. The van der Waals surface area contributed by atoms with Gasteiger partial charge in [-0.3, -0.25) is 14.5 Å². The molecule has 17 heavy (non-hydrogen) atoms. The van der Waals surface area contributed by atoms with Crippen LogP contribution in [0.3, 0.4) is 0 Å². The number of nitrogens with one attached hydrogen (secondary N) is 1. The number of imide groups is 1. The lowest BCUT2D eigenvalue weighted by Crippen LogP contribution is -2.32. The van der Waals surface area contributed by atoms with Crippen molar-refractivity contribution in [2.45, 2.75) is 32.6 Å². The first kappa shape index (κ1) is 13.5. The molecular formula is C11H18N2O4. The number of urea groups is 1. The van der Waals surface area contributed by atoms with Crippen LogP contribution in [0.5, 0.6) is 0 Å². The lowest BCUT2D eigenvalue weighted by molar-refractivity contribution is -0.137. The lowest BCUT2D eigenvalue weighted by atomic mass is 9.96. The van der Waals surface area contributed by atoms with Gasteiger partial charge in [0.1, 0.15) is 0 Å². The molecule has 1 atom stereocenters. The maximum Gasteiger partial charge on any atom is 0.324 e. The molecule has 1 unspecified atom stereocenters. The van der Waals surface area contributed by atoms with Gasteiger partial charge in [-0.1, -0.05) is 13.3 Å². The van der Waals surface area contributed by atoms with E-state index in [9.17, 15) is 14.4 Å². The van der Waals surface area contributed by atoms with Crippen LogP contribution < -0.4 is 5.32 Å². The van der Waals surface area contributed by atoms with E-state index in [4.69, 9.17) is 5.11 Å². The second-order valence-electron chi connectivity index (χ2n) is 4.20. The van der Waals surface area contributed by atoms with E-state index in [-0.39, 0.29) is 30.8 Å². The Kier molecular flexibility index (Phi) is 4.93. The van der Waals surface area contributed by atoms with Crippen molar-refractivity contribution in [2.24, 2.45) is 5.92 Å². The average molecular weight is 242 g/mol. The highest BCUT2D eigenvalue weighted by molar-refractivity contribution is 6.01. The van der Waals surface area contributed by atoms with Crippen molar-refractivity contribution in [3.05, 3.63) is 0 Å². The topological polar surface area (TPSA) is 86.7 Å². The molecule has 1 fully saturated rings. The minimum Gasteiger partial charge on any atom is -0.481 e. The van der Waals surface area contributed by atoms with Crippen LogP contribution in [0.2, 0.25) is 0 Å². The van der Waals surface area contributed by atoms with Gasteiger partial charge >= 0.3 is 12.0 Å². The molecule has 0 radical (unpaired) electrons. The third-order valence-corrected chi connectivity index (χ3v) is 3.04. The van der Waals surface area contributed by atoms with Gasteiger partial charge in [0.15, 0.2) is 0 Å². The first-order valence-corrected chi connectivity index (χ1v) is 5.84. The van der Waals surface area contributed by atoms with Gasteiger partial charge in [-0.15, -0.1) is 0 Å². The van der Waals surface area contributed by atoms with Crippen LogP contribution in [0.1, 0.15) is 32.6 Å². The van der Waals surface area contributed by atoms with Crippen LogP contribution in [0.25, 0.3) is 0 Å². The van der Waals surface area contributed by atoms with E-state index < -0.39 is 5.97 Å². The van der Waals surface area contributed by atoms with Crippen LogP contribution in [0.15, 0.2) is 0 Å². The monoisotopic (exact) mass is 242 g/mol. The highest BCUT2D eigenvalue weighted by atomic mass is 16.4. The molecule has 2 N–H and O–H groups in total. The number of hydrogen-bond donors (Lipinski definition) is 2. The van der Waals surface area contributed by atoms with Crippen molar-refractivity contribution >= 4 is 17.9 Å². The summed E-state index contributed by atoms with van der Waals surface area (Å²) in [4.78, 5) is 34.2. The predicted molar refractivity (Wildman–Crippen MR) is 60.4 cm³/mol. The van der Waals surface area contributed by atoms with E-state index in [1.165, 1.54) is 4.90 Å². The third kappa shape index (κ3) is 4.05. The van der Waals surface area contributed by atoms with Crippen LogP contribution in [0, 0.1) is 5.92 Å². The van der Waals surface area contributed by atoms with E-state index in [2.05, 4.69) is 5.32 Å². The van der Waals surface area contributed by atoms with Crippen LogP contribution >= 0.6 is 0 Å². The molecule has 3 amide bonds. The molecular weight excluding hydrogens is 224 g/mol. The molecule has 0 saturated carbocycles. The van der Waals surface area contributed by atoms with Gasteiger partial charge in [0.2, 0.25) is 5.91 Å². The molecule has 0 aromatic carbocycles. The summed E-state index contributed by atoms with van der Waals surface area (Å²) in [6.07, 6.45) is 2.26. The van der Waals surface area contributed by atoms with Gasteiger partial charge in [-0.05, 0) is 18.8 Å². The Balaban J connectivity index is 2.34. The molecule has 0 spiro atoms. The number of rotatable bonds is 7. The van der Waals surface area contributed by atoms with Gasteiger partial charge in [0.05, 0.1) is 6.54 Å². The molecule has 1 heterocycles. The Bertz CT molecular complexity index is 301. The lowest BCUT2D eigenvalue weighted by Gasteiger charge is -2.17. The van der Waals surface area contributed by atoms with Gasteiger partial charge in [-0.25, -0.2) is 4.79 Å². The summed E-state index contributed by atoms with van der Waals surface area (Å²) < 4.78 is 0. The quantitative estimate of drug-likeness (QED) is 0.647. The minimum absolute atomic E-state index is 0.0742. The zero-order valence-corrected chi connectivity index (χ0v) is 9.94. The number of aliphatic carboxylic acids is 1. The molecule has 0 aliphatic carbocycles. The zero-order valence-electron chi connectivity index (χ0n) is 9.94. The molecule has 1 saturated heterocycles. The molecule has 0 bridgehead atoms. The van der Waals surface area contributed by atoms with Crippen molar-refractivity contribution in [2.75, 3.05) is 13.1 Å². The largest absolute Gasteiger partial charge is 0.481 e. The Morgan fingerprint density at radius 1 is 1.47 bits per heavy atom. The van der Waals surface area contributed by atoms with Gasteiger partial charge in [0.25, 0.3) is 0 Å². The number of amides is 3. The number of carboxylic acid groups (broad SMARTS) is 1. The van der Waals surface area contributed by atoms with E-state index in [1.54, 1.807) is 0 Å². The molecule has 1 aliphatic heterocycles. The highest BCUT2D eigenvalue weighted by Gasteiger charge is 2.28. The van der Waals surface area contributed by atoms with Gasteiger partial charge in [0, 0.05) is 13.0 Å². The molecule has 96 valence electrons. The van der Waals surface area contributed by atoms with Crippen molar-refractivity contribution in [1.82, 2.24) is 10.2 Å². The minimum atomic E-state index is -0.807. The molecule has 0 aromatic heterocycles. The number of carboxylic acids is 1. The average Bonchev–Trinajstić information content (AvgIpc) is 2.59. The first-order valence-electron chi connectivity index (χ1n) is 5.84. The van der Waals surface area contributed by atoms with Gasteiger partial charge < -0.3 is 10.4 Å². The van der Waals surface area contributed by atoms with Crippen molar-refractivity contribution < 1.29 is 19.5 Å². The summed E-state index contributed by atoms with van der Waals surface area (Å²) >= 11 is 0. The van der Waals surface area contributed by atoms with E-state index in [0.29, 0.717) is 19.4 Å². The molecule has 6 nitrogen and oxygen atoms in total. The van der Waals surface area contributed by atoms with E-state index in [1.807, 2.05) is 6.92 Å². The molecule has 6 heteroatoms. The van der Waals surface area contributed by atoms with Crippen LogP contribution in [-0.2, 0) is 9.59 Å². The number of carbonyl (C=O) groups is 3. The van der Waals surface area contributed by atoms with E-state index >= 15 is 0 Å². The van der Waals surface area contributed by atoms with Crippen LogP contribution in [-0.4, -0.2) is 41.0 Å². The van der Waals surface area contributed by atoms with Gasteiger partial charge in [-0.2, -0.15) is 0 Å². The summed E-state index contributed by atoms with van der Waals surface area (Å²) in [6.45, 7) is 2.44. The Labute approximate surface area is 100.0 Å². The third-order valence-electron chi connectivity index (χ3n) is 3.04. The SMILES string of the molecule is CCC(CCC(=O)O)CCN1C(=O)CNC1=O. The normalized spacial score (nSPS) is 17.1. The summed E-state index contributed by atoms with van der Waals surface area (Å²) in [5, 5.41) is 11.0. The summed E-state index contributed by atoms with van der Waals surface area (Å²) in [5.41, 5.74) is 0. The fraction of sp³-hybridized carbons (Fsp3) is 0.727.